The zero-order valence-corrected chi connectivity index (χ0v) is 19.1. The van der Waals surface area contributed by atoms with Gasteiger partial charge in [0, 0.05) is 30.3 Å². The lowest BCUT2D eigenvalue weighted by Gasteiger charge is -2.31. The molecule has 34 heavy (non-hydrogen) atoms. The molecule has 2 N–H and O–H groups in total. The van der Waals surface area contributed by atoms with Gasteiger partial charge in [-0.1, -0.05) is 18.2 Å². The van der Waals surface area contributed by atoms with Crippen LogP contribution in [0.5, 0.6) is 0 Å². The van der Waals surface area contributed by atoms with Gasteiger partial charge in [0.1, 0.15) is 11.6 Å². The predicted molar refractivity (Wildman–Crippen MR) is 128 cm³/mol. The van der Waals surface area contributed by atoms with Crippen LogP contribution in [0.15, 0.2) is 77.7 Å². The Kier molecular flexibility index (Phi) is 5.79. The molecule has 0 aliphatic carbocycles. The number of nitrogens with zero attached hydrogens (tertiary/aromatic N) is 2. The van der Waals surface area contributed by atoms with E-state index >= 15 is 0 Å². The van der Waals surface area contributed by atoms with Crippen LogP contribution in [0.2, 0.25) is 0 Å². The summed E-state index contributed by atoms with van der Waals surface area (Å²) in [5, 5.41) is 0. The molecule has 0 spiro atoms. The second-order valence-electron chi connectivity index (χ2n) is 8.35. The van der Waals surface area contributed by atoms with Crippen LogP contribution in [-0.2, 0) is 10.0 Å². The fourth-order valence-electron chi connectivity index (χ4n) is 4.23. The van der Waals surface area contributed by atoms with E-state index in [1.807, 2.05) is 24.3 Å². The zero-order valence-electron chi connectivity index (χ0n) is 18.2. The Labute approximate surface area is 196 Å². The minimum Gasteiger partial charge on any atom is -0.342 e. The molecule has 1 aliphatic heterocycles. The maximum atomic E-state index is 13.1. The molecule has 0 saturated carbocycles. The van der Waals surface area contributed by atoms with Crippen molar-refractivity contribution in [1.82, 2.24) is 14.9 Å². The number of carbonyl (C=O) groups is 1. The van der Waals surface area contributed by atoms with Crippen LogP contribution >= 0.6 is 0 Å². The summed E-state index contributed by atoms with van der Waals surface area (Å²) in [5.74, 6) is 0.512. The van der Waals surface area contributed by atoms with Crippen molar-refractivity contribution in [2.24, 2.45) is 0 Å². The maximum Gasteiger partial charge on any atom is 0.261 e. The molecular weight excluding hydrogens is 455 g/mol. The first-order valence-corrected chi connectivity index (χ1v) is 12.5. The molecule has 9 heteroatoms. The van der Waals surface area contributed by atoms with Crippen molar-refractivity contribution in [1.29, 1.82) is 0 Å². The Bertz CT molecular complexity index is 1410. The molecule has 5 rings (SSSR count). The average Bonchev–Trinajstić information content (AvgIpc) is 3.29. The first-order chi connectivity index (χ1) is 16.4. The number of aromatic nitrogens is 2. The summed E-state index contributed by atoms with van der Waals surface area (Å²) in [4.78, 5) is 22.9. The van der Waals surface area contributed by atoms with Crippen LogP contribution in [0.4, 0.5) is 10.1 Å². The highest BCUT2D eigenvalue weighted by Crippen LogP contribution is 2.28. The fourth-order valence-corrected chi connectivity index (χ4v) is 5.34. The number of piperidine rings is 1. The molecule has 0 bridgehead atoms. The van der Waals surface area contributed by atoms with Crippen LogP contribution in [0.1, 0.15) is 34.9 Å². The third-order valence-electron chi connectivity index (χ3n) is 6.06. The highest BCUT2D eigenvalue weighted by Gasteiger charge is 2.27. The number of nitrogens with one attached hydrogen (secondary N) is 2. The molecule has 4 aromatic rings. The van der Waals surface area contributed by atoms with Crippen molar-refractivity contribution in [2.75, 3.05) is 17.8 Å². The number of sulfonamides is 1. The van der Waals surface area contributed by atoms with Crippen molar-refractivity contribution < 1.29 is 17.6 Å². The van der Waals surface area contributed by atoms with Crippen molar-refractivity contribution in [3.8, 4) is 0 Å². The highest BCUT2D eigenvalue weighted by molar-refractivity contribution is 7.92. The summed E-state index contributed by atoms with van der Waals surface area (Å²) in [6, 6.07) is 18.9. The molecule has 1 aliphatic rings. The monoisotopic (exact) mass is 478 g/mol. The van der Waals surface area contributed by atoms with E-state index < -0.39 is 15.8 Å². The van der Waals surface area contributed by atoms with E-state index in [2.05, 4.69) is 14.7 Å². The number of H-pyrrole nitrogens is 1. The summed E-state index contributed by atoms with van der Waals surface area (Å²) >= 11 is 0. The van der Waals surface area contributed by atoms with Gasteiger partial charge in [-0.2, -0.15) is 0 Å². The Morgan fingerprint density at radius 3 is 2.47 bits per heavy atom. The van der Waals surface area contributed by atoms with Crippen molar-refractivity contribution in [2.45, 2.75) is 23.7 Å². The second kappa shape index (κ2) is 8.90. The molecule has 1 aromatic heterocycles. The minimum atomic E-state index is -3.93. The van der Waals surface area contributed by atoms with Crippen molar-refractivity contribution in [3.05, 3.63) is 90.0 Å². The number of aromatic amines is 1. The summed E-state index contributed by atoms with van der Waals surface area (Å²) in [6.07, 6.45) is 1.55. The zero-order chi connectivity index (χ0) is 23.7. The molecule has 1 amide bonds. The van der Waals surface area contributed by atoms with E-state index in [4.69, 9.17) is 0 Å². The van der Waals surface area contributed by atoms with Crippen LogP contribution < -0.4 is 4.72 Å². The van der Waals surface area contributed by atoms with Gasteiger partial charge >= 0.3 is 0 Å². The third-order valence-corrected chi connectivity index (χ3v) is 7.44. The molecule has 2 heterocycles. The Balaban J connectivity index is 1.27. The first kappa shape index (κ1) is 22.1. The summed E-state index contributed by atoms with van der Waals surface area (Å²) in [5.41, 5.74) is 2.49. The van der Waals surface area contributed by atoms with Gasteiger partial charge in [-0.3, -0.25) is 9.52 Å². The van der Waals surface area contributed by atoms with E-state index in [0.717, 1.165) is 29.7 Å². The number of carbonyl (C=O) groups excluding carboxylic acids is 1. The van der Waals surface area contributed by atoms with Crippen LogP contribution in [0.25, 0.3) is 11.0 Å². The smallest absolute Gasteiger partial charge is 0.261 e. The fraction of sp³-hybridized carbons (Fsp3) is 0.200. The van der Waals surface area contributed by atoms with E-state index in [0.29, 0.717) is 18.7 Å². The van der Waals surface area contributed by atoms with E-state index in [-0.39, 0.29) is 22.4 Å². The largest absolute Gasteiger partial charge is 0.342 e. The summed E-state index contributed by atoms with van der Waals surface area (Å²) in [7, 11) is -3.93. The Hall–Kier alpha value is -3.72. The van der Waals surface area contributed by atoms with Gasteiger partial charge in [-0.15, -0.1) is 0 Å². The molecule has 7 nitrogen and oxygen atoms in total. The Morgan fingerprint density at radius 1 is 1.00 bits per heavy atom. The van der Waals surface area contributed by atoms with Gasteiger partial charge in [-0.05, 0) is 67.4 Å². The Morgan fingerprint density at radius 2 is 1.74 bits per heavy atom. The molecule has 0 atom stereocenters. The lowest BCUT2D eigenvalue weighted by Crippen LogP contribution is -2.38. The predicted octanol–water partition coefficient (Wildman–Crippen LogP) is 4.52. The number of rotatable bonds is 5. The van der Waals surface area contributed by atoms with Gasteiger partial charge in [0.15, 0.2) is 0 Å². The van der Waals surface area contributed by atoms with Gasteiger partial charge in [-0.25, -0.2) is 17.8 Å². The number of halogens is 1. The summed E-state index contributed by atoms with van der Waals surface area (Å²) < 4.78 is 41.1. The van der Waals surface area contributed by atoms with Crippen molar-refractivity contribution >= 4 is 32.7 Å². The van der Waals surface area contributed by atoms with Crippen LogP contribution in [0.3, 0.4) is 0 Å². The number of likely N-dealkylation sites (tertiary alicyclic amines) is 1. The van der Waals surface area contributed by atoms with Gasteiger partial charge < -0.3 is 9.88 Å². The maximum absolute atomic E-state index is 13.1. The highest BCUT2D eigenvalue weighted by atomic mass is 32.2. The lowest BCUT2D eigenvalue weighted by molar-refractivity contribution is 0.0711. The molecule has 1 fully saturated rings. The lowest BCUT2D eigenvalue weighted by atomic mass is 9.95. The molecule has 1 saturated heterocycles. The summed E-state index contributed by atoms with van der Waals surface area (Å²) in [6.45, 7) is 1.12. The van der Waals surface area contributed by atoms with Crippen LogP contribution in [0, 0.1) is 5.82 Å². The van der Waals surface area contributed by atoms with E-state index in [1.54, 1.807) is 17.0 Å². The number of imidazole rings is 1. The van der Waals surface area contributed by atoms with Gasteiger partial charge in [0.25, 0.3) is 15.9 Å². The third kappa shape index (κ3) is 4.51. The SMILES string of the molecule is O=C(c1cccc(S(=O)(=O)Nc2ccc(F)cc2)c1)N1CCC(c2nc3ccccc3[nH]2)CC1. The number of para-hydroxylation sites is 2. The number of hydrogen-bond donors (Lipinski definition) is 2. The number of amides is 1. The second-order valence-corrected chi connectivity index (χ2v) is 10.0. The van der Waals surface area contributed by atoms with Crippen molar-refractivity contribution in [3.63, 3.8) is 0 Å². The number of benzene rings is 3. The molecule has 0 unspecified atom stereocenters. The first-order valence-electron chi connectivity index (χ1n) is 11.0. The van der Waals surface area contributed by atoms with E-state index in [9.17, 15) is 17.6 Å². The van der Waals surface area contributed by atoms with Gasteiger partial charge in [0.2, 0.25) is 0 Å². The molecule has 0 radical (unpaired) electrons. The average molecular weight is 479 g/mol. The standard InChI is InChI=1S/C25H23FN4O3S/c26-19-8-10-20(11-9-19)29-34(32,33)21-5-3-4-18(16-21)25(31)30-14-12-17(13-15-30)24-27-22-6-1-2-7-23(22)28-24/h1-11,16-17,29H,12-15H2,(H,27,28). The number of fused-ring (bicyclic) bond motifs is 1. The normalized spacial score (nSPS) is 14.9. The molecule has 174 valence electrons. The topological polar surface area (TPSA) is 95.2 Å². The van der Waals surface area contributed by atoms with Gasteiger partial charge in [0.05, 0.1) is 15.9 Å². The quantitative estimate of drug-likeness (QED) is 0.441. The minimum absolute atomic E-state index is 0.0279. The molecule has 3 aromatic carbocycles. The van der Waals surface area contributed by atoms with E-state index in [1.165, 1.54) is 36.4 Å². The van der Waals surface area contributed by atoms with Crippen LogP contribution in [-0.4, -0.2) is 42.3 Å². The number of hydrogen-bond acceptors (Lipinski definition) is 4. The molecular formula is C25H23FN4O3S. The number of anilines is 1.